The zero-order valence-corrected chi connectivity index (χ0v) is 40.7. The standard InChI is InChI=1S/C51H62N6O13/c1-26-11-10-12-27(2)50(66)54-41-35(24-53-55-37(59)25-56-18-20-57(21-19-56)34-15-13-33(23-52)14-16-34)45(63)38-39(46(41)64)44(62)31(6)48-40(38)49(65)51(8,70-48)68-22-17-36(67-9)28(3)47(69-32(7)58)30(5)43(61)29(4)42(26)60/h10-17,22,24,26,28-30,36,42-43,47,60-64H,18-21,25H2,1-9H3,(H,54,66)(H,55,59)/b11-10+,22-17+,27-12-,53-24+/t26-,28+,29+,30+,36-,42-,43+,47+,51-/m0/s1. The first kappa shape index (κ1) is 52.4. The van der Waals surface area contributed by atoms with Gasteiger partial charge in [0.15, 0.2) is 5.75 Å². The second kappa shape index (κ2) is 21.8. The second-order valence-corrected chi connectivity index (χ2v) is 18.3. The number of anilines is 2. The number of nitrogens with zero attached hydrogens (tertiary/aromatic N) is 4. The Bertz CT molecular complexity index is 2670. The number of rotatable bonds is 7. The normalized spacial score (nSPS) is 28.6. The van der Waals surface area contributed by atoms with Gasteiger partial charge in [-0.05, 0) is 44.2 Å². The molecule has 374 valence electrons. The molecule has 0 radical (unpaired) electrons. The summed E-state index contributed by atoms with van der Waals surface area (Å²) in [6, 6.07) is 9.35. The van der Waals surface area contributed by atoms with Crippen molar-refractivity contribution < 1.29 is 63.7 Å². The van der Waals surface area contributed by atoms with Gasteiger partial charge in [0, 0.05) is 93.0 Å². The van der Waals surface area contributed by atoms with Crippen LogP contribution >= 0.6 is 0 Å². The third kappa shape index (κ3) is 10.7. The number of nitrogens with one attached hydrogen (secondary N) is 2. The van der Waals surface area contributed by atoms with Crippen LogP contribution in [0.3, 0.4) is 0 Å². The number of nitriles is 1. The van der Waals surface area contributed by atoms with Crippen molar-refractivity contribution in [2.45, 2.75) is 85.6 Å². The Kier molecular flexibility index (Phi) is 16.3. The van der Waals surface area contributed by atoms with E-state index in [1.807, 2.05) is 17.0 Å². The number of allylic oxidation sites excluding steroid dienone is 2. The van der Waals surface area contributed by atoms with Gasteiger partial charge in [0.05, 0.1) is 71.2 Å². The van der Waals surface area contributed by atoms with Crippen molar-refractivity contribution in [2.75, 3.05) is 50.1 Å². The number of amides is 2. The minimum absolute atomic E-state index is 0.0111. The fraction of sp³-hybridized carbons (Fsp3) is 0.451. The molecule has 19 heteroatoms. The lowest BCUT2D eigenvalue weighted by Crippen LogP contribution is -2.49. The van der Waals surface area contributed by atoms with Crippen LogP contribution in [0.2, 0.25) is 0 Å². The van der Waals surface area contributed by atoms with Crippen molar-refractivity contribution in [1.82, 2.24) is 10.3 Å². The van der Waals surface area contributed by atoms with Gasteiger partial charge in [0.1, 0.15) is 23.4 Å². The summed E-state index contributed by atoms with van der Waals surface area (Å²) in [5, 5.41) is 73.8. The monoisotopic (exact) mass is 966 g/mol. The molecule has 3 aromatic rings. The number of methoxy groups -OCH3 is 1. The maximum absolute atomic E-state index is 14.5. The maximum Gasteiger partial charge on any atom is 0.312 e. The van der Waals surface area contributed by atoms with Crippen LogP contribution in [-0.2, 0) is 28.6 Å². The second-order valence-electron chi connectivity index (χ2n) is 18.3. The molecule has 0 unspecified atom stereocenters. The largest absolute Gasteiger partial charge is 0.507 e. The summed E-state index contributed by atoms with van der Waals surface area (Å²) in [5.41, 5.74) is 2.97. The van der Waals surface area contributed by atoms with E-state index in [0.29, 0.717) is 31.7 Å². The molecule has 1 saturated heterocycles. The van der Waals surface area contributed by atoms with Crippen LogP contribution in [0.15, 0.2) is 65.5 Å². The topological polar surface area (TPSA) is 273 Å². The Morgan fingerprint density at radius 2 is 1.63 bits per heavy atom. The molecule has 4 aliphatic heterocycles. The van der Waals surface area contributed by atoms with Crippen molar-refractivity contribution in [3.8, 4) is 29.1 Å². The van der Waals surface area contributed by atoms with Crippen LogP contribution in [0.5, 0.6) is 23.0 Å². The molecule has 1 fully saturated rings. The average molecular weight is 967 g/mol. The predicted molar refractivity (Wildman–Crippen MR) is 259 cm³/mol. The Labute approximate surface area is 406 Å². The molecule has 0 aliphatic carbocycles. The van der Waals surface area contributed by atoms with Crippen molar-refractivity contribution in [3.05, 3.63) is 82.7 Å². The highest BCUT2D eigenvalue weighted by atomic mass is 16.7. The maximum atomic E-state index is 14.5. The lowest BCUT2D eigenvalue weighted by Gasteiger charge is -2.38. The third-order valence-electron chi connectivity index (χ3n) is 13.5. The van der Waals surface area contributed by atoms with E-state index in [-0.39, 0.29) is 39.9 Å². The molecule has 4 heterocycles. The molecule has 19 nitrogen and oxygen atoms in total. The molecule has 5 bridgehead atoms. The fourth-order valence-electron chi connectivity index (χ4n) is 9.19. The number of phenolic OH excluding ortho intramolecular Hbond substituents is 3. The average Bonchev–Trinajstić information content (AvgIpc) is 3.60. The number of carbonyl (C=O) groups excluding carboxylic acids is 4. The third-order valence-corrected chi connectivity index (χ3v) is 13.5. The smallest absolute Gasteiger partial charge is 0.312 e. The summed E-state index contributed by atoms with van der Waals surface area (Å²) >= 11 is 0. The van der Waals surface area contributed by atoms with Gasteiger partial charge in [-0.25, -0.2) is 5.43 Å². The van der Waals surface area contributed by atoms with Crippen LogP contribution in [0.25, 0.3) is 10.8 Å². The molecule has 7 rings (SSSR count). The van der Waals surface area contributed by atoms with Gasteiger partial charge in [0.2, 0.25) is 0 Å². The van der Waals surface area contributed by atoms with Crippen molar-refractivity contribution >= 4 is 51.9 Å². The molecule has 7 N–H and O–H groups in total. The van der Waals surface area contributed by atoms with Gasteiger partial charge in [-0.3, -0.25) is 24.1 Å². The SMILES string of the molecule is CO[C@H]1/C=C/O[C@@]2(C)Oc3c(C)c(O)c4c(O)c(c(/C=N/NC(=O)CN5CCN(c6ccc(C#N)cc6)CC5)c(O)c4c3C2=O)NC(=O)/C(C)=C\C=C\[C@H](C)[C@H](O)[C@@H](C)[C@@H](O)[C@@H](C)[C@H](OC(C)=O)[C@@H]1C. The molecule has 70 heavy (non-hydrogen) atoms. The molecular weight excluding hydrogens is 905 g/mol. The summed E-state index contributed by atoms with van der Waals surface area (Å²) in [7, 11) is 1.41. The highest BCUT2D eigenvalue weighted by Crippen LogP contribution is 2.55. The van der Waals surface area contributed by atoms with Crippen LogP contribution in [0.4, 0.5) is 11.4 Å². The number of benzene rings is 3. The van der Waals surface area contributed by atoms with Crippen LogP contribution in [0.1, 0.15) is 75.5 Å². The van der Waals surface area contributed by atoms with Crippen LogP contribution in [0, 0.1) is 41.9 Å². The van der Waals surface area contributed by atoms with E-state index < -0.39 is 106 Å². The van der Waals surface area contributed by atoms with Crippen molar-refractivity contribution in [2.24, 2.45) is 28.8 Å². The van der Waals surface area contributed by atoms with Crippen molar-refractivity contribution in [3.63, 3.8) is 0 Å². The Balaban J connectivity index is 1.39. The summed E-state index contributed by atoms with van der Waals surface area (Å²) in [6.07, 6.45) is 4.18. The lowest BCUT2D eigenvalue weighted by molar-refractivity contribution is -0.160. The number of fused-ring (bicyclic) bond motifs is 14. The first-order valence-corrected chi connectivity index (χ1v) is 23.0. The molecule has 9 atom stereocenters. The highest BCUT2D eigenvalue weighted by Gasteiger charge is 2.50. The summed E-state index contributed by atoms with van der Waals surface area (Å²) < 4.78 is 23.6. The van der Waals surface area contributed by atoms with Gasteiger partial charge in [-0.2, -0.15) is 10.4 Å². The summed E-state index contributed by atoms with van der Waals surface area (Å²) in [4.78, 5) is 58.1. The van der Waals surface area contributed by atoms with E-state index >= 15 is 0 Å². The quantitative estimate of drug-likeness (QED) is 0.0546. The van der Waals surface area contributed by atoms with Crippen molar-refractivity contribution in [1.29, 1.82) is 5.26 Å². The number of hydrazone groups is 1. The molecule has 0 saturated carbocycles. The number of hydrogen-bond acceptors (Lipinski definition) is 17. The number of ether oxygens (including phenoxy) is 4. The minimum Gasteiger partial charge on any atom is -0.507 e. The summed E-state index contributed by atoms with van der Waals surface area (Å²) in [5.74, 6) is -9.75. The molecule has 2 amide bonds. The predicted octanol–water partition coefficient (Wildman–Crippen LogP) is 4.90. The van der Waals surface area contributed by atoms with Gasteiger partial charge in [-0.1, -0.05) is 45.9 Å². The van der Waals surface area contributed by atoms with E-state index in [4.69, 9.17) is 24.2 Å². The Hall–Kier alpha value is -6.98. The highest BCUT2D eigenvalue weighted by molar-refractivity contribution is 6.24. The number of hydrogen-bond donors (Lipinski definition) is 7. The minimum atomic E-state index is -2.12. The number of aliphatic hydroxyl groups excluding tert-OH is 2. The number of aliphatic hydroxyl groups is 2. The Morgan fingerprint density at radius 3 is 2.26 bits per heavy atom. The number of aromatic hydroxyl groups is 3. The van der Waals surface area contributed by atoms with Gasteiger partial charge in [-0.15, -0.1) is 0 Å². The van der Waals surface area contributed by atoms with Gasteiger partial charge in [0.25, 0.3) is 17.6 Å². The van der Waals surface area contributed by atoms with Gasteiger partial charge < -0.3 is 54.7 Å². The molecule has 0 aromatic heterocycles. The number of carbonyl (C=O) groups is 4. The number of ketones is 1. The number of piperazine rings is 1. The fourth-order valence-corrected chi connectivity index (χ4v) is 9.19. The first-order chi connectivity index (χ1) is 33.1. The zero-order valence-electron chi connectivity index (χ0n) is 40.7. The summed E-state index contributed by atoms with van der Waals surface area (Å²) in [6.45, 7) is 14.5. The van der Waals surface area contributed by atoms with E-state index in [9.17, 15) is 44.7 Å². The van der Waals surface area contributed by atoms with E-state index in [2.05, 4.69) is 26.8 Å². The Morgan fingerprint density at radius 1 is 0.957 bits per heavy atom. The number of phenols is 3. The zero-order chi connectivity index (χ0) is 51.4. The van der Waals surface area contributed by atoms with Crippen LogP contribution in [-0.4, -0.2) is 130 Å². The van der Waals surface area contributed by atoms with E-state index in [1.54, 1.807) is 45.9 Å². The van der Waals surface area contributed by atoms with E-state index in [1.165, 1.54) is 53.0 Å². The molecular formula is C51H62N6O13. The van der Waals surface area contributed by atoms with Gasteiger partial charge >= 0.3 is 11.8 Å². The number of esters is 1. The van der Waals surface area contributed by atoms with E-state index in [0.717, 1.165) is 18.2 Å². The molecule has 4 aliphatic rings. The molecule has 0 spiro atoms. The van der Waals surface area contributed by atoms with Crippen LogP contribution < -0.4 is 20.4 Å². The number of Topliss-reactive ketones (excluding diaryl/α,β-unsaturated/α-hetero) is 1. The lowest BCUT2D eigenvalue weighted by atomic mass is 9.78. The first-order valence-electron chi connectivity index (χ1n) is 23.0. The molecule has 3 aromatic carbocycles.